The van der Waals surface area contributed by atoms with E-state index < -0.39 is 0 Å². The summed E-state index contributed by atoms with van der Waals surface area (Å²) in [5.41, 5.74) is 2.23. The van der Waals surface area contributed by atoms with Gasteiger partial charge in [-0.1, -0.05) is 18.2 Å². The van der Waals surface area contributed by atoms with Crippen LogP contribution < -0.4 is 5.32 Å². The van der Waals surface area contributed by atoms with Gasteiger partial charge in [0.25, 0.3) is 5.91 Å². The van der Waals surface area contributed by atoms with Crippen LogP contribution in [0.2, 0.25) is 0 Å². The van der Waals surface area contributed by atoms with Crippen LogP contribution in [0.15, 0.2) is 48.7 Å². The minimum atomic E-state index is -0.209. The largest absolute Gasteiger partial charge is 0.371 e. The number of carbonyl (C=O) groups excluding carboxylic acids is 1. The Bertz CT molecular complexity index is 645. The van der Waals surface area contributed by atoms with Crippen LogP contribution in [-0.4, -0.2) is 42.5 Å². The molecule has 1 N–H and O–H groups in total. The molecule has 2 aromatic rings. The Morgan fingerprint density at radius 3 is 3.00 bits per heavy atom. The first kappa shape index (κ1) is 14.7. The molecule has 1 fully saturated rings. The second-order valence-electron chi connectivity index (χ2n) is 5.42. The predicted molar refractivity (Wildman–Crippen MR) is 84.8 cm³/mol. The van der Waals surface area contributed by atoms with Gasteiger partial charge in [0.15, 0.2) is 0 Å². The number of morpholine rings is 1. The molecule has 0 saturated carbocycles. The van der Waals surface area contributed by atoms with Crippen molar-refractivity contribution in [2.75, 3.05) is 32.1 Å². The van der Waals surface area contributed by atoms with Gasteiger partial charge in [-0.25, -0.2) is 0 Å². The highest BCUT2D eigenvalue weighted by Crippen LogP contribution is 2.24. The molecular formula is C17H19N3O2. The second kappa shape index (κ2) is 6.68. The molecule has 1 amide bonds. The summed E-state index contributed by atoms with van der Waals surface area (Å²) in [7, 11) is 2.09. The summed E-state index contributed by atoms with van der Waals surface area (Å²) in [6, 6.07) is 13.1. The third kappa shape index (κ3) is 3.50. The lowest BCUT2D eigenvalue weighted by molar-refractivity contribution is -0.0208. The number of rotatable bonds is 3. The van der Waals surface area contributed by atoms with Gasteiger partial charge in [-0.3, -0.25) is 9.78 Å². The average molecular weight is 297 g/mol. The number of hydrogen-bond acceptors (Lipinski definition) is 4. The van der Waals surface area contributed by atoms with E-state index in [1.807, 2.05) is 24.3 Å². The lowest BCUT2D eigenvalue weighted by atomic mass is 10.1. The van der Waals surface area contributed by atoms with Crippen LogP contribution in [0, 0.1) is 0 Å². The number of aromatic nitrogens is 1. The summed E-state index contributed by atoms with van der Waals surface area (Å²) >= 11 is 0. The Hall–Kier alpha value is -2.24. The van der Waals surface area contributed by atoms with E-state index in [-0.39, 0.29) is 12.0 Å². The van der Waals surface area contributed by atoms with Crippen LogP contribution in [-0.2, 0) is 4.74 Å². The van der Waals surface area contributed by atoms with Gasteiger partial charge in [0.1, 0.15) is 5.69 Å². The van der Waals surface area contributed by atoms with Crippen molar-refractivity contribution in [1.29, 1.82) is 0 Å². The molecular weight excluding hydrogens is 278 g/mol. The third-order valence-electron chi connectivity index (χ3n) is 3.68. The van der Waals surface area contributed by atoms with E-state index in [1.165, 1.54) is 0 Å². The smallest absolute Gasteiger partial charge is 0.274 e. The van der Waals surface area contributed by atoms with Gasteiger partial charge in [-0.2, -0.15) is 0 Å². The van der Waals surface area contributed by atoms with Crippen LogP contribution in [0.5, 0.6) is 0 Å². The standard InChI is InChI=1S/C17H19N3O2/c1-20-9-10-22-16(12-20)13-5-4-6-14(11-13)19-17(21)15-7-2-3-8-18-15/h2-8,11,16H,9-10,12H2,1H3,(H,19,21). The molecule has 1 saturated heterocycles. The van der Waals surface area contributed by atoms with Crippen LogP contribution >= 0.6 is 0 Å². The highest BCUT2D eigenvalue weighted by molar-refractivity contribution is 6.02. The fraction of sp³-hybridized carbons (Fsp3) is 0.294. The zero-order valence-corrected chi connectivity index (χ0v) is 12.5. The fourth-order valence-electron chi connectivity index (χ4n) is 2.49. The molecule has 1 aliphatic rings. The van der Waals surface area contributed by atoms with Gasteiger partial charge in [0.05, 0.1) is 12.7 Å². The number of carbonyl (C=O) groups is 1. The van der Waals surface area contributed by atoms with Crippen LogP contribution in [0.3, 0.4) is 0 Å². The lowest BCUT2D eigenvalue weighted by Gasteiger charge is -2.30. The van der Waals surface area contributed by atoms with Crippen molar-refractivity contribution >= 4 is 11.6 Å². The van der Waals surface area contributed by atoms with Crippen molar-refractivity contribution in [3.05, 3.63) is 59.9 Å². The lowest BCUT2D eigenvalue weighted by Crippen LogP contribution is -2.35. The number of benzene rings is 1. The van der Waals surface area contributed by atoms with Crippen molar-refractivity contribution in [3.8, 4) is 0 Å². The molecule has 0 aliphatic carbocycles. The molecule has 0 bridgehead atoms. The number of likely N-dealkylation sites (N-methyl/N-ethyl adjacent to an activating group) is 1. The summed E-state index contributed by atoms with van der Waals surface area (Å²) < 4.78 is 5.81. The maximum Gasteiger partial charge on any atom is 0.274 e. The van der Waals surface area contributed by atoms with E-state index in [9.17, 15) is 4.79 Å². The normalized spacial score (nSPS) is 18.9. The van der Waals surface area contributed by atoms with Crippen molar-refractivity contribution in [1.82, 2.24) is 9.88 Å². The van der Waals surface area contributed by atoms with Crippen molar-refractivity contribution in [2.24, 2.45) is 0 Å². The van der Waals surface area contributed by atoms with Crippen LogP contribution in [0.4, 0.5) is 5.69 Å². The molecule has 0 spiro atoms. The first-order chi connectivity index (χ1) is 10.7. The maximum atomic E-state index is 12.1. The molecule has 5 nitrogen and oxygen atoms in total. The average Bonchev–Trinajstić information content (AvgIpc) is 2.56. The molecule has 0 radical (unpaired) electrons. The minimum absolute atomic E-state index is 0.0467. The fourth-order valence-corrected chi connectivity index (χ4v) is 2.49. The monoisotopic (exact) mass is 297 g/mol. The zero-order chi connectivity index (χ0) is 15.4. The molecule has 22 heavy (non-hydrogen) atoms. The van der Waals surface area contributed by atoms with Crippen LogP contribution in [0.25, 0.3) is 0 Å². The zero-order valence-electron chi connectivity index (χ0n) is 12.5. The highest BCUT2D eigenvalue weighted by atomic mass is 16.5. The first-order valence-electron chi connectivity index (χ1n) is 7.35. The van der Waals surface area contributed by atoms with E-state index in [4.69, 9.17) is 4.74 Å². The Kier molecular flexibility index (Phi) is 4.46. The molecule has 3 rings (SSSR count). The van der Waals surface area contributed by atoms with E-state index in [0.717, 1.165) is 30.9 Å². The number of pyridine rings is 1. The number of ether oxygens (including phenoxy) is 1. The van der Waals surface area contributed by atoms with E-state index >= 15 is 0 Å². The molecule has 1 atom stereocenters. The predicted octanol–water partition coefficient (Wildman–Crippen LogP) is 2.34. The summed E-state index contributed by atoms with van der Waals surface area (Å²) in [6.45, 7) is 2.54. The Morgan fingerprint density at radius 2 is 2.23 bits per heavy atom. The van der Waals surface area contributed by atoms with Crippen molar-refractivity contribution in [2.45, 2.75) is 6.10 Å². The van der Waals surface area contributed by atoms with E-state index in [0.29, 0.717) is 5.69 Å². The third-order valence-corrected chi connectivity index (χ3v) is 3.68. The minimum Gasteiger partial charge on any atom is -0.371 e. The molecule has 1 aliphatic heterocycles. The molecule has 114 valence electrons. The highest BCUT2D eigenvalue weighted by Gasteiger charge is 2.19. The SMILES string of the molecule is CN1CCOC(c2cccc(NC(=O)c3ccccn3)c2)C1. The van der Waals surface area contributed by atoms with Crippen molar-refractivity contribution in [3.63, 3.8) is 0 Å². The van der Waals surface area contributed by atoms with Gasteiger partial charge < -0.3 is 15.0 Å². The van der Waals surface area contributed by atoms with E-state index in [1.54, 1.807) is 24.4 Å². The van der Waals surface area contributed by atoms with Gasteiger partial charge in [0, 0.05) is 25.0 Å². The second-order valence-corrected chi connectivity index (χ2v) is 5.42. The summed E-state index contributed by atoms with van der Waals surface area (Å²) in [6.07, 6.45) is 1.65. The summed E-state index contributed by atoms with van der Waals surface area (Å²) in [5.74, 6) is -0.209. The Labute approximate surface area is 129 Å². The van der Waals surface area contributed by atoms with E-state index in [2.05, 4.69) is 22.2 Å². The number of amides is 1. The van der Waals surface area contributed by atoms with Crippen molar-refractivity contribution < 1.29 is 9.53 Å². The number of nitrogens with zero attached hydrogens (tertiary/aromatic N) is 2. The Morgan fingerprint density at radius 1 is 1.32 bits per heavy atom. The molecule has 2 heterocycles. The number of nitrogens with one attached hydrogen (secondary N) is 1. The molecule has 1 unspecified atom stereocenters. The van der Waals surface area contributed by atoms with Gasteiger partial charge in [0.2, 0.25) is 0 Å². The van der Waals surface area contributed by atoms with Crippen LogP contribution in [0.1, 0.15) is 22.2 Å². The van der Waals surface area contributed by atoms with Gasteiger partial charge in [-0.05, 0) is 36.9 Å². The number of hydrogen-bond donors (Lipinski definition) is 1. The van der Waals surface area contributed by atoms with Gasteiger partial charge in [-0.15, -0.1) is 0 Å². The topological polar surface area (TPSA) is 54.5 Å². The maximum absolute atomic E-state index is 12.1. The first-order valence-corrected chi connectivity index (χ1v) is 7.35. The van der Waals surface area contributed by atoms with Gasteiger partial charge >= 0.3 is 0 Å². The summed E-state index contributed by atoms with van der Waals surface area (Å²) in [4.78, 5) is 18.4. The molecule has 5 heteroatoms. The quantitative estimate of drug-likeness (QED) is 0.945. The number of anilines is 1. The molecule has 1 aromatic heterocycles. The molecule has 1 aromatic carbocycles. The summed E-state index contributed by atoms with van der Waals surface area (Å²) in [5, 5.41) is 2.88. The Balaban J connectivity index is 1.72.